The number of nitrogens with two attached hydrogens (primary N) is 2. The molecule has 4 fully saturated rings. The van der Waals surface area contributed by atoms with Gasteiger partial charge in [-0.3, -0.25) is 14.4 Å². The van der Waals surface area contributed by atoms with E-state index in [1.807, 2.05) is 81.7 Å². The number of H-pyrrole nitrogens is 2. The summed E-state index contributed by atoms with van der Waals surface area (Å²) in [6, 6.07) is 13.6. The molecule has 64 heavy (non-hydrogen) atoms. The summed E-state index contributed by atoms with van der Waals surface area (Å²) in [6.07, 6.45) is 7.37. The summed E-state index contributed by atoms with van der Waals surface area (Å²) in [7, 11) is 0. The molecule has 12 nitrogen and oxygen atoms in total. The van der Waals surface area contributed by atoms with E-state index in [0.717, 1.165) is 55.1 Å². The molecule has 14 heteroatoms. The van der Waals surface area contributed by atoms with Crippen LogP contribution in [0.25, 0.3) is 44.5 Å². The Bertz CT molecular complexity index is 2680. The molecule has 3 amide bonds. The van der Waals surface area contributed by atoms with E-state index >= 15 is 8.78 Å². The number of likely N-dealkylation sites (tertiary alicyclic amines) is 2. The first kappa shape index (κ1) is 42.5. The van der Waals surface area contributed by atoms with E-state index in [4.69, 9.17) is 21.4 Å². The minimum atomic E-state index is -3.25. The quantitative estimate of drug-likeness (QED) is 0.0894. The highest BCUT2D eigenvalue weighted by atomic mass is 19.3. The molecule has 7 atom stereocenters. The molecule has 3 aliphatic carbocycles. The molecule has 7 N–H and O–H groups in total. The average Bonchev–Trinajstić information content (AvgIpc) is 3.93. The molecule has 4 heterocycles. The van der Waals surface area contributed by atoms with Gasteiger partial charge in [0.15, 0.2) is 0 Å². The van der Waals surface area contributed by atoms with Gasteiger partial charge in [-0.25, -0.2) is 9.97 Å². The number of halogens is 2. The standard InChI is InChI=1S/C50H59F2N9O3/c1-24(2)40(53)46(62)59-42(26(5)6)48(64)61-31-11-7-30(17-31)43(61)45-56-36-14-10-28(20-37(36)57-45)27-8-12-32-33-13-9-29(19-35(33)50(51,52)34(32)18-27)38-22-55-44(58-38)39-21-49(15-16-49)23-60(39)47(63)41(54)25(3)4/h8-10,12-14,18-20,22,24-26,30-31,39-43H,7,11,15-17,21,23,53-54H2,1-6H3,(H,55,58)(H,56,57)(H,59,62). The van der Waals surface area contributed by atoms with E-state index < -0.39 is 24.0 Å². The zero-order valence-corrected chi connectivity index (χ0v) is 37.4. The van der Waals surface area contributed by atoms with Gasteiger partial charge in [-0.1, -0.05) is 71.9 Å². The highest BCUT2D eigenvalue weighted by molar-refractivity contribution is 5.91. The number of piperidine rings is 1. The molecule has 2 saturated carbocycles. The van der Waals surface area contributed by atoms with Crippen LogP contribution >= 0.6 is 0 Å². The fraction of sp³-hybridized carbons (Fsp3) is 0.500. The Morgan fingerprint density at radius 1 is 0.797 bits per heavy atom. The summed E-state index contributed by atoms with van der Waals surface area (Å²) in [5, 5.41) is 2.96. The van der Waals surface area contributed by atoms with Crippen molar-refractivity contribution in [2.45, 2.75) is 122 Å². The summed E-state index contributed by atoms with van der Waals surface area (Å²) in [6.45, 7) is 12.2. The van der Waals surface area contributed by atoms with Crippen molar-refractivity contribution in [3.63, 3.8) is 0 Å². The third-order valence-corrected chi connectivity index (χ3v) is 15.2. The fourth-order valence-corrected chi connectivity index (χ4v) is 11.0. The maximum absolute atomic E-state index is 16.6. The Balaban J connectivity index is 0.896. The van der Waals surface area contributed by atoms with Crippen molar-refractivity contribution in [2.75, 3.05) is 6.54 Å². The molecule has 2 aromatic heterocycles. The molecule has 1 spiro atoms. The van der Waals surface area contributed by atoms with Gasteiger partial charge in [0.25, 0.3) is 5.92 Å². The van der Waals surface area contributed by atoms with Gasteiger partial charge in [-0.2, -0.15) is 8.78 Å². The highest BCUT2D eigenvalue weighted by Crippen LogP contribution is 2.59. The maximum atomic E-state index is 16.6. The number of imidazole rings is 2. The smallest absolute Gasteiger partial charge is 0.299 e. The number of amides is 3. The van der Waals surface area contributed by atoms with E-state index in [2.05, 4.69) is 15.3 Å². The van der Waals surface area contributed by atoms with Crippen LogP contribution in [0.2, 0.25) is 0 Å². The van der Waals surface area contributed by atoms with Crippen LogP contribution in [-0.2, 0) is 20.3 Å². The van der Waals surface area contributed by atoms with Gasteiger partial charge in [-0.05, 0) is 114 Å². The van der Waals surface area contributed by atoms with Crippen LogP contribution in [-0.4, -0.2) is 78.2 Å². The second-order valence-electron chi connectivity index (χ2n) is 20.5. The average molecular weight is 872 g/mol. The zero-order valence-electron chi connectivity index (χ0n) is 37.4. The van der Waals surface area contributed by atoms with Crippen molar-refractivity contribution < 1.29 is 23.2 Å². The highest BCUT2D eigenvalue weighted by Gasteiger charge is 2.55. The number of fused-ring (bicyclic) bond motifs is 6. The lowest BCUT2D eigenvalue weighted by Gasteiger charge is -2.38. The fourth-order valence-electron chi connectivity index (χ4n) is 11.0. The normalized spacial score (nSPS) is 24.0. The lowest BCUT2D eigenvalue weighted by molar-refractivity contribution is -0.142. The van der Waals surface area contributed by atoms with E-state index in [-0.39, 0.29) is 76.1 Å². The number of nitrogens with one attached hydrogen (secondary N) is 3. The third kappa shape index (κ3) is 6.94. The summed E-state index contributed by atoms with van der Waals surface area (Å²) >= 11 is 0. The lowest BCUT2D eigenvalue weighted by atomic mass is 9.95. The van der Waals surface area contributed by atoms with Crippen LogP contribution in [0, 0.1) is 29.1 Å². The number of alkyl halides is 2. The van der Waals surface area contributed by atoms with E-state index in [9.17, 15) is 14.4 Å². The van der Waals surface area contributed by atoms with Crippen molar-refractivity contribution in [3.05, 3.63) is 83.6 Å². The molecule has 336 valence electrons. The number of nitrogens with zero attached hydrogens (tertiary/aromatic N) is 4. The number of rotatable bonds is 11. The van der Waals surface area contributed by atoms with Crippen LogP contribution in [0.15, 0.2) is 60.8 Å². The monoisotopic (exact) mass is 871 g/mol. The van der Waals surface area contributed by atoms with Gasteiger partial charge < -0.3 is 36.6 Å². The molecular weight excluding hydrogens is 813 g/mol. The second-order valence-corrected chi connectivity index (χ2v) is 20.5. The molecule has 3 aromatic carbocycles. The Hall–Kier alpha value is -5.47. The van der Waals surface area contributed by atoms with Gasteiger partial charge in [-0.15, -0.1) is 0 Å². The SMILES string of the molecule is CC(C)C(N)C(=O)NC(C(=O)N1C2CCC(C2)C1c1nc2ccc(-c3ccc4c(c3)C(F)(F)c3cc(-c5cnc(C6CC7(CC7)CN6C(=O)C(N)C(C)C)[nH]5)ccc3-4)cc2[nH]1)C(C)C. The Morgan fingerprint density at radius 3 is 2.12 bits per heavy atom. The predicted octanol–water partition coefficient (Wildman–Crippen LogP) is 7.95. The summed E-state index contributed by atoms with van der Waals surface area (Å²) in [4.78, 5) is 61.3. The number of aromatic amines is 2. The number of benzene rings is 3. The lowest BCUT2D eigenvalue weighted by Crippen LogP contribution is -2.57. The summed E-state index contributed by atoms with van der Waals surface area (Å²) in [5.41, 5.74) is 17.5. The first-order chi connectivity index (χ1) is 30.4. The molecule has 0 radical (unpaired) electrons. The molecule has 5 aliphatic rings. The van der Waals surface area contributed by atoms with Crippen molar-refractivity contribution in [1.82, 2.24) is 35.1 Å². The number of aromatic nitrogens is 4. The topological polar surface area (TPSA) is 179 Å². The van der Waals surface area contributed by atoms with Gasteiger partial charge >= 0.3 is 0 Å². The molecule has 7 unspecified atom stereocenters. The predicted molar refractivity (Wildman–Crippen MR) is 241 cm³/mol. The minimum absolute atomic E-state index is 0.00279. The van der Waals surface area contributed by atoms with Crippen LogP contribution in [0.1, 0.15) is 115 Å². The molecular formula is C50H59F2N9O3. The van der Waals surface area contributed by atoms with Gasteiger partial charge in [0.05, 0.1) is 47.1 Å². The van der Waals surface area contributed by atoms with Crippen molar-refractivity contribution in [1.29, 1.82) is 0 Å². The first-order valence-electron chi connectivity index (χ1n) is 23.1. The number of carbonyl (C=O) groups excluding carboxylic acids is 3. The Labute approximate surface area is 372 Å². The summed E-state index contributed by atoms with van der Waals surface area (Å²) in [5.74, 6) is -2.44. The molecule has 2 aliphatic heterocycles. The zero-order chi connectivity index (χ0) is 45.1. The Morgan fingerprint density at radius 2 is 1.45 bits per heavy atom. The van der Waals surface area contributed by atoms with E-state index in [1.165, 1.54) is 0 Å². The van der Waals surface area contributed by atoms with Crippen LogP contribution in [0.5, 0.6) is 0 Å². The minimum Gasteiger partial charge on any atom is -0.343 e. The third-order valence-electron chi connectivity index (χ3n) is 15.2. The van der Waals surface area contributed by atoms with Crippen molar-refractivity contribution in [3.8, 4) is 33.5 Å². The van der Waals surface area contributed by atoms with E-state index in [1.54, 1.807) is 30.5 Å². The molecule has 2 saturated heterocycles. The molecule has 10 rings (SSSR count). The first-order valence-corrected chi connectivity index (χ1v) is 23.1. The largest absolute Gasteiger partial charge is 0.343 e. The van der Waals surface area contributed by atoms with Crippen LogP contribution in [0.3, 0.4) is 0 Å². The maximum Gasteiger partial charge on any atom is 0.299 e. The van der Waals surface area contributed by atoms with Crippen molar-refractivity contribution in [2.24, 2.45) is 40.6 Å². The van der Waals surface area contributed by atoms with Gasteiger partial charge in [0.1, 0.15) is 17.7 Å². The molecule has 5 aromatic rings. The van der Waals surface area contributed by atoms with Gasteiger partial charge in [0.2, 0.25) is 17.7 Å². The number of carbonyl (C=O) groups is 3. The van der Waals surface area contributed by atoms with Crippen LogP contribution < -0.4 is 16.8 Å². The Kier molecular flexibility index (Phi) is 10.2. The van der Waals surface area contributed by atoms with Crippen molar-refractivity contribution >= 4 is 28.8 Å². The second kappa shape index (κ2) is 15.3. The number of hydrogen-bond donors (Lipinski definition) is 5. The number of hydrogen-bond acceptors (Lipinski definition) is 7. The molecule has 2 bridgehead atoms. The van der Waals surface area contributed by atoms with Crippen LogP contribution in [0.4, 0.5) is 8.78 Å². The summed E-state index contributed by atoms with van der Waals surface area (Å²) < 4.78 is 33.3. The van der Waals surface area contributed by atoms with E-state index in [0.29, 0.717) is 46.1 Å². The van der Waals surface area contributed by atoms with Gasteiger partial charge in [0, 0.05) is 29.3 Å².